The van der Waals surface area contributed by atoms with Crippen molar-refractivity contribution in [3.63, 3.8) is 0 Å². The smallest absolute Gasteiger partial charge is 0.0785 e. The van der Waals surface area contributed by atoms with E-state index in [1.807, 2.05) is 6.92 Å². The molecule has 86 valence electrons. The molecule has 1 aromatic heterocycles. The monoisotopic (exact) mass is 231 g/mol. The van der Waals surface area contributed by atoms with Gasteiger partial charge in [0.1, 0.15) is 0 Å². The molecule has 0 aromatic carbocycles. The molecule has 0 radical (unpaired) electrons. The maximum atomic E-state index is 9.93. The lowest BCUT2D eigenvalue weighted by molar-refractivity contribution is 0.0331. The second kappa shape index (κ2) is 5.49. The topological polar surface area (TPSA) is 64.1 Å². The number of hydrogen-bond donors (Lipinski definition) is 2. The van der Waals surface area contributed by atoms with Gasteiger partial charge in [-0.1, -0.05) is 18.5 Å². The van der Waals surface area contributed by atoms with Crippen LogP contribution in [-0.2, 0) is 6.54 Å². The molecular formula is C10H18ClN3O. The minimum Gasteiger partial charge on any atom is -0.389 e. The Labute approximate surface area is 95.0 Å². The largest absolute Gasteiger partial charge is 0.389 e. The molecular weight excluding hydrogens is 214 g/mol. The van der Waals surface area contributed by atoms with Gasteiger partial charge in [-0.05, 0) is 19.3 Å². The Morgan fingerprint density at radius 1 is 1.67 bits per heavy atom. The molecule has 1 atom stereocenters. The molecule has 3 N–H and O–H groups in total. The Hall–Kier alpha value is -0.580. The fourth-order valence-corrected chi connectivity index (χ4v) is 1.61. The van der Waals surface area contributed by atoms with Crippen LogP contribution in [0.4, 0.5) is 0 Å². The van der Waals surface area contributed by atoms with Crippen molar-refractivity contribution < 1.29 is 5.11 Å². The summed E-state index contributed by atoms with van der Waals surface area (Å²) in [5.41, 5.74) is 4.78. The molecule has 1 heterocycles. The predicted molar refractivity (Wildman–Crippen MR) is 60.8 cm³/mol. The number of aliphatic hydroxyl groups is 1. The summed E-state index contributed by atoms with van der Waals surface area (Å²) in [6.07, 6.45) is 5.60. The third-order valence-corrected chi connectivity index (χ3v) is 2.86. The van der Waals surface area contributed by atoms with Gasteiger partial charge < -0.3 is 10.8 Å². The summed E-state index contributed by atoms with van der Waals surface area (Å²) in [4.78, 5) is 0. The average molecular weight is 232 g/mol. The third kappa shape index (κ3) is 3.81. The average Bonchev–Trinajstić information content (AvgIpc) is 2.64. The van der Waals surface area contributed by atoms with Gasteiger partial charge in [-0.15, -0.1) is 0 Å². The zero-order valence-electron chi connectivity index (χ0n) is 8.99. The quantitative estimate of drug-likeness (QED) is 0.778. The van der Waals surface area contributed by atoms with E-state index in [2.05, 4.69) is 5.10 Å². The van der Waals surface area contributed by atoms with Gasteiger partial charge in [0.2, 0.25) is 0 Å². The van der Waals surface area contributed by atoms with Crippen LogP contribution in [0.25, 0.3) is 0 Å². The van der Waals surface area contributed by atoms with Crippen molar-refractivity contribution in [1.29, 1.82) is 0 Å². The summed E-state index contributed by atoms with van der Waals surface area (Å²) in [5.74, 6) is 0. The second-order valence-electron chi connectivity index (χ2n) is 3.81. The van der Waals surface area contributed by atoms with Crippen LogP contribution in [-0.4, -0.2) is 27.0 Å². The first-order valence-electron chi connectivity index (χ1n) is 5.20. The SMILES string of the molecule is CCC(O)(CN)CCCn1cc(Cl)cn1. The van der Waals surface area contributed by atoms with Crippen LogP contribution < -0.4 is 5.73 Å². The van der Waals surface area contributed by atoms with Crippen LogP contribution in [0, 0.1) is 0 Å². The highest BCUT2D eigenvalue weighted by atomic mass is 35.5. The Morgan fingerprint density at radius 2 is 2.40 bits per heavy atom. The van der Waals surface area contributed by atoms with Crippen LogP contribution in [0.2, 0.25) is 5.02 Å². The third-order valence-electron chi connectivity index (χ3n) is 2.67. The molecule has 0 saturated carbocycles. The van der Waals surface area contributed by atoms with Gasteiger partial charge in [0.25, 0.3) is 0 Å². The Kier molecular flexibility index (Phi) is 4.57. The molecule has 0 aliphatic carbocycles. The first-order chi connectivity index (χ1) is 7.09. The molecule has 0 aliphatic heterocycles. The number of nitrogens with zero attached hydrogens (tertiary/aromatic N) is 2. The molecule has 5 heteroatoms. The summed E-state index contributed by atoms with van der Waals surface area (Å²) >= 11 is 5.73. The minimum atomic E-state index is -0.725. The molecule has 15 heavy (non-hydrogen) atoms. The lowest BCUT2D eigenvalue weighted by Crippen LogP contribution is -2.37. The van der Waals surface area contributed by atoms with Crippen molar-refractivity contribution in [2.24, 2.45) is 5.73 Å². The van der Waals surface area contributed by atoms with Gasteiger partial charge in [-0.3, -0.25) is 4.68 Å². The van der Waals surface area contributed by atoms with E-state index >= 15 is 0 Å². The first kappa shape index (κ1) is 12.5. The van der Waals surface area contributed by atoms with Crippen LogP contribution in [0.15, 0.2) is 12.4 Å². The van der Waals surface area contributed by atoms with E-state index < -0.39 is 5.60 Å². The van der Waals surface area contributed by atoms with E-state index in [1.165, 1.54) is 0 Å². The maximum Gasteiger partial charge on any atom is 0.0785 e. The number of hydrogen-bond acceptors (Lipinski definition) is 3. The van der Waals surface area contributed by atoms with Crippen molar-refractivity contribution in [2.75, 3.05) is 6.54 Å². The normalized spacial score (nSPS) is 15.2. The fourth-order valence-electron chi connectivity index (χ4n) is 1.45. The van der Waals surface area contributed by atoms with Crippen LogP contribution in [0.5, 0.6) is 0 Å². The highest BCUT2D eigenvalue weighted by molar-refractivity contribution is 6.30. The summed E-state index contributed by atoms with van der Waals surface area (Å²) in [7, 11) is 0. The van der Waals surface area contributed by atoms with E-state index in [1.54, 1.807) is 17.1 Å². The summed E-state index contributed by atoms with van der Waals surface area (Å²) in [5, 5.41) is 14.6. The van der Waals surface area contributed by atoms with Crippen molar-refractivity contribution >= 4 is 11.6 Å². The first-order valence-corrected chi connectivity index (χ1v) is 5.58. The van der Waals surface area contributed by atoms with Crippen molar-refractivity contribution in [3.05, 3.63) is 17.4 Å². The molecule has 0 amide bonds. The van der Waals surface area contributed by atoms with E-state index in [0.717, 1.165) is 13.0 Å². The molecule has 1 rings (SSSR count). The number of aromatic nitrogens is 2. The van der Waals surface area contributed by atoms with Crippen LogP contribution >= 0.6 is 11.6 Å². The van der Waals surface area contributed by atoms with Crippen LogP contribution in [0.1, 0.15) is 26.2 Å². The maximum absolute atomic E-state index is 9.93. The number of nitrogens with two attached hydrogens (primary N) is 1. The molecule has 0 saturated heterocycles. The highest BCUT2D eigenvalue weighted by Crippen LogP contribution is 2.16. The van der Waals surface area contributed by atoms with Crippen LogP contribution in [0.3, 0.4) is 0 Å². The molecule has 1 aromatic rings. The number of aryl methyl sites for hydroxylation is 1. The fraction of sp³-hybridized carbons (Fsp3) is 0.700. The predicted octanol–water partition coefficient (Wildman–Crippen LogP) is 1.42. The summed E-state index contributed by atoms with van der Waals surface area (Å²) in [6.45, 7) is 3.01. The number of rotatable bonds is 6. The molecule has 4 nitrogen and oxygen atoms in total. The van der Waals surface area contributed by atoms with Crippen molar-refractivity contribution in [2.45, 2.75) is 38.3 Å². The molecule has 0 spiro atoms. The minimum absolute atomic E-state index is 0.309. The van der Waals surface area contributed by atoms with Gasteiger partial charge in [0.05, 0.1) is 16.8 Å². The summed E-state index contributed by atoms with van der Waals surface area (Å²) < 4.78 is 1.77. The van der Waals surface area contributed by atoms with E-state index in [-0.39, 0.29) is 0 Å². The van der Waals surface area contributed by atoms with E-state index in [9.17, 15) is 5.11 Å². The molecule has 0 aliphatic rings. The van der Waals surface area contributed by atoms with Gasteiger partial charge in [-0.25, -0.2) is 0 Å². The van der Waals surface area contributed by atoms with Gasteiger partial charge >= 0.3 is 0 Å². The van der Waals surface area contributed by atoms with Gasteiger partial charge in [-0.2, -0.15) is 5.10 Å². The Morgan fingerprint density at radius 3 is 2.87 bits per heavy atom. The lowest BCUT2D eigenvalue weighted by atomic mass is 9.95. The number of halogens is 1. The molecule has 0 bridgehead atoms. The van der Waals surface area contributed by atoms with Gasteiger partial charge in [0.15, 0.2) is 0 Å². The standard InChI is InChI=1S/C10H18ClN3O/c1-2-10(15,8-12)4-3-5-14-7-9(11)6-13-14/h6-7,15H,2-5,8,12H2,1H3. The van der Waals surface area contributed by atoms with Crippen molar-refractivity contribution in [3.8, 4) is 0 Å². The zero-order valence-corrected chi connectivity index (χ0v) is 9.74. The lowest BCUT2D eigenvalue weighted by Gasteiger charge is -2.24. The molecule has 0 fully saturated rings. The Bertz CT molecular complexity index is 297. The summed E-state index contributed by atoms with van der Waals surface area (Å²) in [6, 6.07) is 0. The van der Waals surface area contributed by atoms with E-state index in [0.29, 0.717) is 24.4 Å². The second-order valence-corrected chi connectivity index (χ2v) is 4.24. The van der Waals surface area contributed by atoms with Crippen molar-refractivity contribution in [1.82, 2.24) is 9.78 Å². The van der Waals surface area contributed by atoms with Gasteiger partial charge in [0, 0.05) is 19.3 Å². The molecule has 1 unspecified atom stereocenters. The zero-order chi connectivity index (χ0) is 11.3. The highest BCUT2D eigenvalue weighted by Gasteiger charge is 2.21. The van der Waals surface area contributed by atoms with E-state index in [4.69, 9.17) is 17.3 Å². The Balaban J connectivity index is 2.32.